The van der Waals surface area contributed by atoms with Crippen molar-refractivity contribution >= 4 is 23.0 Å². The minimum absolute atomic E-state index is 0.0734. The molecule has 0 amide bonds. The molecular formula is C16H20N4O2S. The van der Waals surface area contributed by atoms with Gasteiger partial charge >= 0.3 is 0 Å². The molecule has 2 heterocycles. The lowest BCUT2D eigenvalue weighted by Gasteiger charge is -2.16. The largest absolute Gasteiger partial charge is 0.454 e. The van der Waals surface area contributed by atoms with Crippen molar-refractivity contribution < 1.29 is 9.47 Å². The van der Waals surface area contributed by atoms with Crippen LogP contribution in [0.5, 0.6) is 11.5 Å². The van der Waals surface area contributed by atoms with Crippen molar-refractivity contribution in [1.82, 2.24) is 15.1 Å². The molecule has 0 fully saturated rings. The van der Waals surface area contributed by atoms with Crippen LogP contribution in [0.3, 0.4) is 0 Å². The van der Waals surface area contributed by atoms with E-state index in [0.29, 0.717) is 5.11 Å². The second kappa shape index (κ2) is 6.45. The average molecular weight is 332 g/mol. The fourth-order valence-corrected chi connectivity index (χ4v) is 2.83. The van der Waals surface area contributed by atoms with Crippen molar-refractivity contribution in [3.63, 3.8) is 0 Å². The van der Waals surface area contributed by atoms with Crippen LogP contribution in [0.25, 0.3) is 0 Å². The summed E-state index contributed by atoms with van der Waals surface area (Å²) in [6.07, 6.45) is 2.05. The third-order valence-electron chi connectivity index (χ3n) is 3.75. The maximum absolute atomic E-state index is 5.40. The number of aromatic nitrogens is 2. The molecule has 1 aromatic heterocycles. The summed E-state index contributed by atoms with van der Waals surface area (Å²) in [6, 6.07) is 5.73. The SMILES string of the molecule is CCn1cc([C@@H](C)NC(=S)Nc2ccc3c(c2)OCO3)c(C)n1. The number of benzene rings is 1. The first-order valence-corrected chi connectivity index (χ1v) is 7.98. The third-order valence-corrected chi connectivity index (χ3v) is 3.97. The van der Waals surface area contributed by atoms with Crippen LogP contribution in [-0.2, 0) is 6.54 Å². The minimum atomic E-state index is 0.0734. The maximum atomic E-state index is 5.40. The predicted octanol–water partition coefficient (Wildman–Crippen LogP) is 2.99. The lowest BCUT2D eigenvalue weighted by atomic mass is 10.1. The Labute approximate surface area is 140 Å². The first kappa shape index (κ1) is 15.6. The van der Waals surface area contributed by atoms with E-state index in [1.807, 2.05) is 29.8 Å². The van der Waals surface area contributed by atoms with Gasteiger partial charge in [0, 0.05) is 30.1 Å². The minimum Gasteiger partial charge on any atom is -0.454 e. The number of fused-ring (bicyclic) bond motifs is 1. The van der Waals surface area contributed by atoms with Gasteiger partial charge in [-0.1, -0.05) is 0 Å². The number of nitrogens with one attached hydrogen (secondary N) is 2. The molecule has 2 N–H and O–H groups in total. The summed E-state index contributed by atoms with van der Waals surface area (Å²) in [5, 5.41) is 11.5. The number of anilines is 1. The summed E-state index contributed by atoms with van der Waals surface area (Å²) < 4.78 is 12.6. The normalized spacial score (nSPS) is 13.7. The van der Waals surface area contributed by atoms with Crippen LogP contribution >= 0.6 is 12.2 Å². The zero-order valence-corrected chi connectivity index (χ0v) is 14.2. The molecule has 1 atom stereocenters. The fourth-order valence-electron chi connectivity index (χ4n) is 2.54. The zero-order chi connectivity index (χ0) is 16.4. The summed E-state index contributed by atoms with van der Waals surface area (Å²) in [5.41, 5.74) is 3.01. The van der Waals surface area contributed by atoms with E-state index < -0.39 is 0 Å². The standard InChI is InChI=1S/C16H20N4O2S/c1-4-20-8-13(11(3)19-20)10(2)17-16(23)18-12-5-6-14-15(7-12)22-9-21-14/h5-8,10H,4,9H2,1-3H3,(H2,17,18,23)/t10-/m1/s1. The first-order chi connectivity index (χ1) is 11.1. The summed E-state index contributed by atoms with van der Waals surface area (Å²) >= 11 is 5.40. The van der Waals surface area contributed by atoms with Crippen LogP contribution in [0.4, 0.5) is 5.69 Å². The number of thiocarbonyl (C=S) groups is 1. The molecule has 122 valence electrons. The first-order valence-electron chi connectivity index (χ1n) is 7.58. The Hall–Kier alpha value is -2.28. The molecule has 0 spiro atoms. The summed E-state index contributed by atoms with van der Waals surface area (Å²) in [7, 11) is 0. The van der Waals surface area contributed by atoms with Gasteiger partial charge in [-0.15, -0.1) is 0 Å². The average Bonchev–Trinajstić information content (AvgIpc) is 3.12. The highest BCUT2D eigenvalue weighted by molar-refractivity contribution is 7.80. The number of aryl methyl sites for hydroxylation is 2. The lowest BCUT2D eigenvalue weighted by molar-refractivity contribution is 0.174. The maximum Gasteiger partial charge on any atom is 0.231 e. The van der Waals surface area contributed by atoms with E-state index >= 15 is 0 Å². The Morgan fingerprint density at radius 2 is 2.17 bits per heavy atom. The van der Waals surface area contributed by atoms with Gasteiger partial charge in [-0.25, -0.2) is 0 Å². The van der Waals surface area contributed by atoms with Gasteiger partial charge in [0.15, 0.2) is 16.6 Å². The molecule has 0 radical (unpaired) electrons. The highest BCUT2D eigenvalue weighted by Crippen LogP contribution is 2.34. The smallest absolute Gasteiger partial charge is 0.231 e. The van der Waals surface area contributed by atoms with E-state index in [0.717, 1.165) is 35.0 Å². The molecule has 1 aliphatic rings. The Morgan fingerprint density at radius 3 is 2.91 bits per heavy atom. The second-order valence-electron chi connectivity index (χ2n) is 5.41. The van der Waals surface area contributed by atoms with E-state index in [4.69, 9.17) is 21.7 Å². The van der Waals surface area contributed by atoms with E-state index in [1.54, 1.807) is 0 Å². The van der Waals surface area contributed by atoms with Gasteiger partial charge in [-0.2, -0.15) is 5.10 Å². The van der Waals surface area contributed by atoms with Gasteiger partial charge in [-0.05, 0) is 45.1 Å². The molecule has 0 aliphatic carbocycles. The zero-order valence-electron chi connectivity index (χ0n) is 13.4. The van der Waals surface area contributed by atoms with Crippen molar-refractivity contribution in [3.8, 4) is 11.5 Å². The summed E-state index contributed by atoms with van der Waals surface area (Å²) in [5.74, 6) is 1.48. The summed E-state index contributed by atoms with van der Waals surface area (Å²) in [6.45, 7) is 7.26. The van der Waals surface area contributed by atoms with Gasteiger partial charge in [0.1, 0.15) is 0 Å². The van der Waals surface area contributed by atoms with Gasteiger partial charge in [0.25, 0.3) is 0 Å². The highest BCUT2D eigenvalue weighted by atomic mass is 32.1. The third kappa shape index (κ3) is 3.39. The van der Waals surface area contributed by atoms with Crippen molar-refractivity contribution in [1.29, 1.82) is 0 Å². The van der Waals surface area contributed by atoms with Crippen molar-refractivity contribution in [2.45, 2.75) is 33.4 Å². The van der Waals surface area contributed by atoms with E-state index in [9.17, 15) is 0 Å². The molecule has 6 nitrogen and oxygen atoms in total. The van der Waals surface area contributed by atoms with E-state index in [-0.39, 0.29) is 12.8 Å². The van der Waals surface area contributed by atoms with Crippen LogP contribution in [0.1, 0.15) is 31.1 Å². The van der Waals surface area contributed by atoms with Gasteiger partial charge in [-0.3, -0.25) is 4.68 Å². The van der Waals surface area contributed by atoms with Crippen LogP contribution in [0.15, 0.2) is 24.4 Å². The number of nitrogens with zero attached hydrogens (tertiary/aromatic N) is 2. The molecule has 0 saturated carbocycles. The molecule has 1 aliphatic heterocycles. The predicted molar refractivity (Wildman–Crippen MR) is 93.0 cm³/mol. The van der Waals surface area contributed by atoms with E-state index in [2.05, 4.69) is 35.8 Å². The van der Waals surface area contributed by atoms with Crippen LogP contribution in [-0.4, -0.2) is 21.7 Å². The molecular weight excluding hydrogens is 312 g/mol. The fraction of sp³-hybridized carbons (Fsp3) is 0.375. The number of hydrogen-bond donors (Lipinski definition) is 2. The Balaban J connectivity index is 1.63. The molecule has 7 heteroatoms. The Bertz CT molecular complexity index is 729. The van der Waals surface area contributed by atoms with E-state index in [1.165, 1.54) is 0 Å². The Kier molecular flexibility index (Phi) is 4.38. The van der Waals surface area contributed by atoms with Crippen LogP contribution in [0, 0.1) is 6.92 Å². The number of hydrogen-bond acceptors (Lipinski definition) is 4. The molecule has 1 aromatic carbocycles. The lowest BCUT2D eigenvalue weighted by Crippen LogP contribution is -2.31. The van der Waals surface area contributed by atoms with Crippen LogP contribution < -0.4 is 20.1 Å². The molecule has 0 saturated heterocycles. The number of ether oxygens (including phenoxy) is 2. The molecule has 23 heavy (non-hydrogen) atoms. The molecule has 0 unspecified atom stereocenters. The van der Waals surface area contributed by atoms with Gasteiger partial charge in [0.05, 0.1) is 11.7 Å². The van der Waals surface area contributed by atoms with Crippen molar-refractivity contribution in [2.24, 2.45) is 0 Å². The van der Waals surface area contributed by atoms with Crippen molar-refractivity contribution in [2.75, 3.05) is 12.1 Å². The van der Waals surface area contributed by atoms with Gasteiger partial charge in [0.2, 0.25) is 6.79 Å². The molecule has 3 rings (SSSR count). The highest BCUT2D eigenvalue weighted by Gasteiger charge is 2.15. The van der Waals surface area contributed by atoms with Crippen LogP contribution in [0.2, 0.25) is 0 Å². The monoisotopic (exact) mass is 332 g/mol. The van der Waals surface area contributed by atoms with Crippen molar-refractivity contribution in [3.05, 3.63) is 35.7 Å². The molecule has 0 bridgehead atoms. The Morgan fingerprint density at radius 1 is 1.39 bits per heavy atom. The second-order valence-corrected chi connectivity index (χ2v) is 5.82. The molecule has 2 aromatic rings. The van der Waals surface area contributed by atoms with Gasteiger partial charge < -0.3 is 20.1 Å². The number of rotatable bonds is 4. The summed E-state index contributed by atoms with van der Waals surface area (Å²) in [4.78, 5) is 0. The topological polar surface area (TPSA) is 60.3 Å². The quantitative estimate of drug-likeness (QED) is 0.840.